The smallest absolute Gasteiger partial charge is 0.271 e. The highest BCUT2D eigenvalue weighted by molar-refractivity contribution is 9.10. The molecule has 47 heavy (non-hydrogen) atoms. The van der Waals surface area contributed by atoms with Crippen LogP contribution in [0.1, 0.15) is 38.7 Å². The predicted molar refractivity (Wildman–Crippen MR) is 185 cm³/mol. The fraction of sp³-hybridized carbons (Fsp3) is 0.105. The van der Waals surface area contributed by atoms with Crippen molar-refractivity contribution in [2.75, 3.05) is 4.31 Å². The Morgan fingerprint density at radius 2 is 1.45 bits per heavy atom. The Bertz CT molecular complexity index is 2220. The van der Waals surface area contributed by atoms with E-state index in [9.17, 15) is 13.2 Å². The molecule has 0 radical (unpaired) electrons. The molecule has 2 amide bonds. The second kappa shape index (κ2) is 12.0. The van der Waals surface area contributed by atoms with Crippen molar-refractivity contribution >= 4 is 54.4 Å². The zero-order valence-corrected chi connectivity index (χ0v) is 27.7. The number of hydrogen-bond acceptors (Lipinski definition) is 5. The van der Waals surface area contributed by atoms with Gasteiger partial charge >= 0.3 is 0 Å². The summed E-state index contributed by atoms with van der Waals surface area (Å²) in [5, 5.41) is 3.56. The fourth-order valence-corrected chi connectivity index (χ4v) is 8.12. The molecule has 1 aliphatic rings. The van der Waals surface area contributed by atoms with Crippen molar-refractivity contribution in [3.05, 3.63) is 166 Å². The van der Waals surface area contributed by atoms with Gasteiger partial charge in [0, 0.05) is 21.8 Å². The molecule has 0 aliphatic carbocycles. The molecule has 2 heterocycles. The normalized spacial score (nSPS) is 17.8. The maximum atomic E-state index is 15.5. The highest BCUT2D eigenvalue weighted by Gasteiger charge is 2.60. The van der Waals surface area contributed by atoms with Crippen LogP contribution in [-0.4, -0.2) is 25.8 Å². The molecular formula is C38H29BrN2O5S. The molecule has 0 saturated heterocycles. The summed E-state index contributed by atoms with van der Waals surface area (Å²) < 4.78 is 37.7. The number of nitrogens with one attached hydrogen (secondary N) is 1. The van der Waals surface area contributed by atoms with Crippen molar-refractivity contribution in [1.29, 1.82) is 0 Å². The number of rotatable bonds is 7. The minimum Gasteiger partial charge on any atom is -0.458 e. The van der Waals surface area contributed by atoms with Crippen molar-refractivity contribution < 1.29 is 22.4 Å². The number of hydrogen-bond donors (Lipinski definition) is 1. The quantitative estimate of drug-likeness (QED) is 0.183. The minimum absolute atomic E-state index is 0.0254. The van der Waals surface area contributed by atoms with Gasteiger partial charge in [0.1, 0.15) is 22.6 Å². The molecular weight excluding hydrogens is 676 g/mol. The van der Waals surface area contributed by atoms with Gasteiger partial charge in [0.05, 0.1) is 10.8 Å². The molecule has 1 N–H and O–H groups in total. The summed E-state index contributed by atoms with van der Waals surface area (Å²) in [4.78, 5) is 29.6. The van der Waals surface area contributed by atoms with E-state index in [1.165, 1.54) is 12.1 Å². The van der Waals surface area contributed by atoms with Crippen LogP contribution in [0.25, 0.3) is 11.0 Å². The van der Waals surface area contributed by atoms with Crippen molar-refractivity contribution in [3.8, 4) is 0 Å². The van der Waals surface area contributed by atoms with Crippen LogP contribution >= 0.6 is 15.9 Å². The summed E-state index contributed by atoms with van der Waals surface area (Å²) in [7, 11) is -4.51. The van der Waals surface area contributed by atoms with Crippen molar-refractivity contribution in [1.82, 2.24) is 5.32 Å². The molecule has 9 heteroatoms. The first-order valence-electron chi connectivity index (χ1n) is 15.0. The van der Waals surface area contributed by atoms with E-state index >= 15 is 4.79 Å². The molecule has 5 aromatic carbocycles. The zero-order chi connectivity index (χ0) is 32.8. The number of sulfonamides is 1. The van der Waals surface area contributed by atoms with E-state index in [1.807, 2.05) is 61.5 Å². The Labute approximate surface area is 281 Å². The molecule has 7 rings (SSSR count). The molecule has 0 bridgehead atoms. The van der Waals surface area contributed by atoms with E-state index < -0.39 is 33.3 Å². The average molecular weight is 706 g/mol. The number of carbonyl (C=O) groups is 2. The lowest BCUT2D eigenvalue weighted by Crippen LogP contribution is -2.67. The van der Waals surface area contributed by atoms with Crippen LogP contribution in [0, 0.1) is 6.92 Å². The van der Waals surface area contributed by atoms with E-state index in [0.29, 0.717) is 22.1 Å². The summed E-state index contributed by atoms with van der Waals surface area (Å²) >= 11 is 3.51. The number of para-hydroxylation sites is 1. The first-order valence-corrected chi connectivity index (χ1v) is 17.3. The molecule has 6 aromatic rings. The number of amides is 2. The fourth-order valence-electron chi connectivity index (χ4n) is 6.35. The highest BCUT2D eigenvalue weighted by atomic mass is 79.9. The van der Waals surface area contributed by atoms with Gasteiger partial charge in [0.15, 0.2) is 0 Å². The second-order valence-electron chi connectivity index (χ2n) is 11.6. The Balaban J connectivity index is 1.57. The van der Waals surface area contributed by atoms with E-state index in [2.05, 4.69) is 21.2 Å². The molecule has 7 nitrogen and oxygen atoms in total. The van der Waals surface area contributed by atoms with Crippen LogP contribution in [-0.2, 0) is 21.2 Å². The molecule has 0 fully saturated rings. The third-order valence-electron chi connectivity index (χ3n) is 8.58. The van der Waals surface area contributed by atoms with Gasteiger partial charge in [-0.15, -0.1) is 0 Å². The topological polar surface area (TPSA) is 96.7 Å². The third-order valence-corrected chi connectivity index (χ3v) is 10.8. The Hall–Kier alpha value is -4.99. The second-order valence-corrected chi connectivity index (χ2v) is 14.3. The van der Waals surface area contributed by atoms with E-state index in [-0.39, 0.29) is 22.8 Å². The van der Waals surface area contributed by atoms with Crippen LogP contribution in [0.15, 0.2) is 147 Å². The molecule has 1 aliphatic heterocycles. The van der Waals surface area contributed by atoms with Crippen LogP contribution in [0.2, 0.25) is 0 Å². The highest BCUT2D eigenvalue weighted by Crippen LogP contribution is 2.52. The van der Waals surface area contributed by atoms with Gasteiger partial charge in [0.25, 0.3) is 21.8 Å². The standard InChI is InChI=1S/C38H29BrN2O5S/c1-25-16-22-30(23-17-25)47(44,45)41-34-31-14-8-9-15-32(31)46-35(34)33(27-18-20-29(39)21-19-27)38(37(41)43,24-26-10-4-2-5-11-26)40-36(42)28-12-6-3-7-13-28/h2-23,33H,24H2,1H3,(H,40,42)/t33-,38-/m0/s1. The SMILES string of the molecule is Cc1ccc(S(=O)(=O)N2C(=O)[C@@](Cc3ccccc3)(NC(=O)c3ccccc3)[C@@H](c3ccc(Br)cc3)c3oc4ccccc4c32)cc1. The number of benzene rings is 5. The zero-order valence-electron chi connectivity index (χ0n) is 25.3. The summed E-state index contributed by atoms with van der Waals surface area (Å²) in [6.07, 6.45) is -0.0254. The summed E-state index contributed by atoms with van der Waals surface area (Å²) in [6, 6.07) is 38.7. The van der Waals surface area contributed by atoms with Crippen molar-refractivity contribution in [2.24, 2.45) is 0 Å². The Morgan fingerprint density at radius 3 is 2.13 bits per heavy atom. The lowest BCUT2D eigenvalue weighted by molar-refractivity contribution is -0.124. The maximum absolute atomic E-state index is 15.5. The van der Waals surface area contributed by atoms with E-state index in [1.54, 1.807) is 66.7 Å². The molecule has 1 aromatic heterocycles. The van der Waals surface area contributed by atoms with Gasteiger partial charge in [0.2, 0.25) is 0 Å². The molecule has 0 unspecified atom stereocenters. The number of nitrogens with zero attached hydrogens (tertiary/aromatic N) is 1. The van der Waals surface area contributed by atoms with Gasteiger partial charge in [-0.2, -0.15) is 4.31 Å². The number of anilines is 1. The predicted octanol–water partition coefficient (Wildman–Crippen LogP) is 7.78. The maximum Gasteiger partial charge on any atom is 0.271 e. The van der Waals surface area contributed by atoms with Crippen LogP contribution in [0.4, 0.5) is 5.69 Å². The van der Waals surface area contributed by atoms with Crippen LogP contribution < -0.4 is 9.62 Å². The number of carbonyl (C=O) groups excluding carboxylic acids is 2. The van der Waals surface area contributed by atoms with E-state index in [0.717, 1.165) is 19.9 Å². The number of furan rings is 1. The lowest BCUT2D eigenvalue weighted by Gasteiger charge is -2.46. The third kappa shape index (κ3) is 5.35. The number of halogens is 1. The van der Waals surface area contributed by atoms with E-state index in [4.69, 9.17) is 4.42 Å². The average Bonchev–Trinajstić information content (AvgIpc) is 3.45. The summed E-state index contributed by atoms with van der Waals surface area (Å²) in [5.74, 6) is -1.97. The minimum atomic E-state index is -4.51. The van der Waals surface area contributed by atoms with Crippen LogP contribution in [0.3, 0.4) is 0 Å². The van der Waals surface area contributed by atoms with Gasteiger partial charge in [-0.05, 0) is 66.6 Å². The Kier molecular flexibility index (Phi) is 7.82. The first-order chi connectivity index (χ1) is 22.7. The van der Waals surface area contributed by atoms with Crippen molar-refractivity contribution in [2.45, 2.75) is 29.7 Å². The Morgan fingerprint density at radius 1 is 0.830 bits per heavy atom. The lowest BCUT2D eigenvalue weighted by atomic mass is 9.70. The van der Waals surface area contributed by atoms with Crippen molar-refractivity contribution in [3.63, 3.8) is 0 Å². The first kappa shape index (κ1) is 30.7. The van der Waals surface area contributed by atoms with Gasteiger partial charge in [-0.25, -0.2) is 8.42 Å². The number of aryl methyl sites for hydroxylation is 1. The summed E-state index contributed by atoms with van der Waals surface area (Å²) in [6.45, 7) is 1.86. The largest absolute Gasteiger partial charge is 0.458 e. The monoisotopic (exact) mass is 704 g/mol. The molecule has 2 atom stereocenters. The van der Waals surface area contributed by atoms with Gasteiger partial charge < -0.3 is 9.73 Å². The summed E-state index contributed by atoms with van der Waals surface area (Å²) in [5.41, 5.74) is 1.29. The molecule has 234 valence electrons. The van der Waals surface area contributed by atoms with Gasteiger partial charge in [-0.3, -0.25) is 9.59 Å². The molecule has 0 saturated carbocycles. The molecule has 0 spiro atoms. The van der Waals surface area contributed by atoms with Gasteiger partial charge in [-0.1, -0.05) is 106 Å². The number of fused-ring (bicyclic) bond motifs is 3. The van der Waals surface area contributed by atoms with Crippen LogP contribution in [0.5, 0.6) is 0 Å².